The standard InChI is InChI=1S/C14H20N4/c1-10-5-3-7-12-13(10)18(14(15)16-12)9-11-6-4-8-17(11)2/h3,5,7,11H,4,6,8-9H2,1-2H3,(H2,15,16). The Balaban J connectivity index is 2.03. The van der Waals surface area contributed by atoms with Crippen LogP contribution in [0.25, 0.3) is 11.0 Å². The summed E-state index contributed by atoms with van der Waals surface area (Å²) in [5.41, 5.74) is 9.52. The molecule has 1 aliphatic heterocycles. The van der Waals surface area contributed by atoms with Crippen LogP contribution in [0.15, 0.2) is 18.2 Å². The maximum absolute atomic E-state index is 6.08. The molecule has 3 rings (SSSR count). The van der Waals surface area contributed by atoms with Crippen LogP contribution in [0.2, 0.25) is 0 Å². The molecular formula is C14H20N4. The molecule has 0 aliphatic carbocycles. The van der Waals surface area contributed by atoms with E-state index < -0.39 is 0 Å². The Morgan fingerprint density at radius 1 is 1.44 bits per heavy atom. The van der Waals surface area contributed by atoms with Crippen molar-refractivity contribution in [2.75, 3.05) is 19.3 Å². The van der Waals surface area contributed by atoms with Crippen LogP contribution in [0.3, 0.4) is 0 Å². The first-order valence-corrected chi connectivity index (χ1v) is 6.58. The van der Waals surface area contributed by atoms with E-state index in [-0.39, 0.29) is 0 Å². The molecule has 2 aromatic rings. The molecule has 0 radical (unpaired) electrons. The lowest BCUT2D eigenvalue weighted by molar-refractivity contribution is 0.285. The van der Waals surface area contributed by atoms with E-state index in [4.69, 9.17) is 5.73 Å². The van der Waals surface area contributed by atoms with Gasteiger partial charge in [0.2, 0.25) is 5.95 Å². The van der Waals surface area contributed by atoms with Gasteiger partial charge in [-0.1, -0.05) is 12.1 Å². The second-order valence-corrected chi connectivity index (χ2v) is 5.30. The average molecular weight is 244 g/mol. The van der Waals surface area contributed by atoms with E-state index in [1.807, 2.05) is 12.1 Å². The minimum Gasteiger partial charge on any atom is -0.369 e. The highest BCUT2D eigenvalue weighted by molar-refractivity contribution is 5.81. The summed E-state index contributed by atoms with van der Waals surface area (Å²) in [4.78, 5) is 6.88. The highest BCUT2D eigenvalue weighted by Crippen LogP contribution is 2.24. The van der Waals surface area contributed by atoms with Crippen molar-refractivity contribution in [2.45, 2.75) is 32.4 Å². The summed E-state index contributed by atoms with van der Waals surface area (Å²) >= 11 is 0. The summed E-state index contributed by atoms with van der Waals surface area (Å²) in [6.07, 6.45) is 2.54. The third kappa shape index (κ3) is 1.77. The van der Waals surface area contributed by atoms with E-state index in [0.29, 0.717) is 12.0 Å². The summed E-state index contributed by atoms with van der Waals surface area (Å²) in [6, 6.07) is 6.78. The van der Waals surface area contributed by atoms with Gasteiger partial charge in [0, 0.05) is 12.6 Å². The van der Waals surface area contributed by atoms with E-state index in [9.17, 15) is 0 Å². The highest BCUT2D eigenvalue weighted by atomic mass is 15.2. The molecule has 2 heterocycles. The molecule has 96 valence electrons. The van der Waals surface area contributed by atoms with Gasteiger partial charge in [0.25, 0.3) is 0 Å². The van der Waals surface area contributed by atoms with Gasteiger partial charge in [0.05, 0.1) is 11.0 Å². The third-order valence-corrected chi connectivity index (χ3v) is 4.06. The molecular weight excluding hydrogens is 224 g/mol. The second-order valence-electron chi connectivity index (χ2n) is 5.30. The zero-order valence-electron chi connectivity index (χ0n) is 11.1. The van der Waals surface area contributed by atoms with Crippen molar-refractivity contribution < 1.29 is 0 Å². The van der Waals surface area contributed by atoms with Gasteiger partial charge in [0.15, 0.2) is 0 Å². The number of benzene rings is 1. The molecule has 0 amide bonds. The van der Waals surface area contributed by atoms with E-state index in [1.165, 1.54) is 30.5 Å². The number of para-hydroxylation sites is 1. The number of fused-ring (bicyclic) bond motifs is 1. The molecule has 1 fully saturated rings. The van der Waals surface area contributed by atoms with Crippen LogP contribution < -0.4 is 5.73 Å². The Morgan fingerprint density at radius 2 is 2.28 bits per heavy atom. The summed E-state index contributed by atoms with van der Waals surface area (Å²) in [5.74, 6) is 0.639. The number of aryl methyl sites for hydroxylation is 1. The number of hydrogen-bond donors (Lipinski definition) is 1. The summed E-state index contributed by atoms with van der Waals surface area (Å²) in [6.45, 7) is 4.26. The minimum absolute atomic E-state index is 0.587. The average Bonchev–Trinajstić information content (AvgIpc) is 2.86. The third-order valence-electron chi connectivity index (χ3n) is 4.06. The Morgan fingerprint density at radius 3 is 3.00 bits per heavy atom. The van der Waals surface area contributed by atoms with Gasteiger partial charge in [0.1, 0.15) is 0 Å². The van der Waals surface area contributed by atoms with Gasteiger partial charge in [-0.3, -0.25) is 0 Å². The topological polar surface area (TPSA) is 47.1 Å². The molecule has 1 saturated heterocycles. The van der Waals surface area contributed by atoms with Gasteiger partial charge in [-0.15, -0.1) is 0 Å². The monoisotopic (exact) mass is 244 g/mol. The van der Waals surface area contributed by atoms with Crippen LogP contribution in [0.1, 0.15) is 18.4 Å². The molecule has 1 aliphatic rings. The van der Waals surface area contributed by atoms with Gasteiger partial charge >= 0.3 is 0 Å². The number of anilines is 1. The number of likely N-dealkylation sites (tertiary alicyclic amines) is 1. The number of hydrogen-bond acceptors (Lipinski definition) is 3. The summed E-state index contributed by atoms with van der Waals surface area (Å²) in [5, 5.41) is 0. The van der Waals surface area contributed by atoms with E-state index in [1.54, 1.807) is 0 Å². The Kier molecular flexibility index (Phi) is 2.74. The number of imidazole rings is 1. The molecule has 1 aromatic carbocycles. The first kappa shape index (κ1) is 11.5. The van der Waals surface area contributed by atoms with Crippen molar-refractivity contribution in [3.05, 3.63) is 23.8 Å². The molecule has 2 N–H and O–H groups in total. The predicted octanol–water partition coefficient (Wildman–Crippen LogP) is 2.02. The predicted molar refractivity (Wildman–Crippen MR) is 74.5 cm³/mol. The number of nitrogens with zero attached hydrogens (tertiary/aromatic N) is 3. The van der Waals surface area contributed by atoms with Crippen LogP contribution in [0.5, 0.6) is 0 Å². The highest BCUT2D eigenvalue weighted by Gasteiger charge is 2.23. The maximum atomic E-state index is 6.08. The van der Waals surface area contributed by atoms with Crippen LogP contribution >= 0.6 is 0 Å². The lowest BCUT2D eigenvalue weighted by Gasteiger charge is -2.21. The molecule has 1 unspecified atom stereocenters. The van der Waals surface area contributed by atoms with Crippen molar-refractivity contribution in [1.29, 1.82) is 0 Å². The minimum atomic E-state index is 0.587. The molecule has 4 heteroatoms. The largest absolute Gasteiger partial charge is 0.369 e. The van der Waals surface area contributed by atoms with Gasteiger partial charge in [-0.2, -0.15) is 0 Å². The number of nitrogen functional groups attached to an aromatic ring is 1. The fourth-order valence-electron chi connectivity index (χ4n) is 2.99. The van der Waals surface area contributed by atoms with Crippen molar-refractivity contribution in [3.8, 4) is 0 Å². The normalized spacial score (nSPS) is 20.9. The van der Waals surface area contributed by atoms with Crippen molar-refractivity contribution >= 4 is 17.0 Å². The molecule has 0 spiro atoms. The first-order chi connectivity index (χ1) is 8.66. The lowest BCUT2D eigenvalue weighted by Crippen LogP contribution is -2.29. The maximum Gasteiger partial charge on any atom is 0.201 e. The van der Waals surface area contributed by atoms with E-state index >= 15 is 0 Å². The first-order valence-electron chi connectivity index (χ1n) is 6.58. The Hall–Kier alpha value is -1.55. The fourth-order valence-corrected chi connectivity index (χ4v) is 2.99. The van der Waals surface area contributed by atoms with Crippen LogP contribution in [-0.2, 0) is 6.54 Å². The Bertz CT molecular complexity index is 572. The quantitative estimate of drug-likeness (QED) is 0.879. The van der Waals surface area contributed by atoms with Gasteiger partial charge < -0.3 is 15.2 Å². The van der Waals surface area contributed by atoms with Crippen molar-refractivity contribution in [1.82, 2.24) is 14.5 Å². The molecule has 18 heavy (non-hydrogen) atoms. The number of aromatic nitrogens is 2. The summed E-state index contributed by atoms with van der Waals surface area (Å²) < 4.78 is 2.18. The van der Waals surface area contributed by atoms with E-state index in [2.05, 4.69) is 34.5 Å². The molecule has 0 bridgehead atoms. The molecule has 0 saturated carbocycles. The fraction of sp³-hybridized carbons (Fsp3) is 0.500. The zero-order valence-corrected chi connectivity index (χ0v) is 11.1. The number of nitrogens with two attached hydrogens (primary N) is 1. The van der Waals surface area contributed by atoms with Gasteiger partial charge in [-0.25, -0.2) is 4.98 Å². The van der Waals surface area contributed by atoms with Crippen LogP contribution in [-0.4, -0.2) is 34.1 Å². The summed E-state index contributed by atoms with van der Waals surface area (Å²) in [7, 11) is 2.19. The van der Waals surface area contributed by atoms with Crippen molar-refractivity contribution in [2.24, 2.45) is 0 Å². The van der Waals surface area contributed by atoms with Crippen LogP contribution in [0, 0.1) is 6.92 Å². The SMILES string of the molecule is Cc1cccc2nc(N)n(CC3CCCN3C)c12. The van der Waals surface area contributed by atoms with Crippen molar-refractivity contribution in [3.63, 3.8) is 0 Å². The zero-order chi connectivity index (χ0) is 12.7. The van der Waals surface area contributed by atoms with Crippen LogP contribution in [0.4, 0.5) is 5.95 Å². The molecule has 4 nitrogen and oxygen atoms in total. The molecule has 1 atom stereocenters. The second kappa shape index (κ2) is 4.28. The van der Waals surface area contributed by atoms with E-state index in [0.717, 1.165) is 12.1 Å². The molecule has 1 aromatic heterocycles. The Labute approximate surface area is 107 Å². The lowest BCUT2D eigenvalue weighted by atomic mass is 10.2. The number of likely N-dealkylation sites (N-methyl/N-ethyl adjacent to an activating group) is 1. The number of rotatable bonds is 2. The van der Waals surface area contributed by atoms with Gasteiger partial charge in [-0.05, 0) is 45.0 Å². The smallest absolute Gasteiger partial charge is 0.201 e.